The van der Waals surface area contributed by atoms with Gasteiger partial charge in [-0.2, -0.15) is 5.10 Å². The highest BCUT2D eigenvalue weighted by Gasteiger charge is 2.44. The molecule has 2 fully saturated rings. The third-order valence-electron chi connectivity index (χ3n) is 8.88. The first-order valence-electron chi connectivity index (χ1n) is 14.7. The maximum absolute atomic E-state index is 13.1. The summed E-state index contributed by atoms with van der Waals surface area (Å²) in [5.41, 5.74) is 6.04. The molecule has 2 aromatic heterocycles. The van der Waals surface area contributed by atoms with Gasteiger partial charge < -0.3 is 5.32 Å². The Balaban J connectivity index is 0.905. The van der Waals surface area contributed by atoms with E-state index < -0.39 is 23.8 Å². The molecule has 1 unspecified atom stereocenters. The number of fused-ring (bicyclic) bond motifs is 2. The second-order valence-corrected chi connectivity index (χ2v) is 11.6. The Hall–Kier alpha value is -4.93. The molecule has 3 aliphatic rings. The van der Waals surface area contributed by atoms with Crippen molar-refractivity contribution in [2.75, 3.05) is 11.9 Å². The van der Waals surface area contributed by atoms with Gasteiger partial charge in [-0.25, -0.2) is 4.98 Å². The van der Waals surface area contributed by atoms with Crippen LogP contribution in [0.2, 0.25) is 0 Å². The highest BCUT2D eigenvalue weighted by molar-refractivity contribution is 6.23. The van der Waals surface area contributed by atoms with E-state index in [1.165, 1.54) is 0 Å². The summed E-state index contributed by atoms with van der Waals surface area (Å²) in [5.74, 6) is -1.36. The van der Waals surface area contributed by atoms with E-state index in [0.29, 0.717) is 12.0 Å². The standard InChI is InChI=1S/C32H31N7O4/c1-18-24(27-17-34-25-6-2-3-7-26(25)36-27)16-35-39(18)21-13-19(14-21)5-4-12-33-20-8-9-22-23(15-20)32(43)38(31(22)42)28-10-11-29(40)37-30(28)41/h2-3,6-9,15-17,19,21,28,33H,4-5,10-14H2,1H3,(H,37,40,41)/t19-,21+,28?. The maximum atomic E-state index is 13.1. The van der Waals surface area contributed by atoms with Crippen LogP contribution in [0.1, 0.15) is 71.0 Å². The Morgan fingerprint density at radius 2 is 1.74 bits per heavy atom. The molecule has 4 amide bonds. The van der Waals surface area contributed by atoms with E-state index in [1.807, 2.05) is 36.7 Å². The molecule has 11 nitrogen and oxygen atoms in total. The molecule has 4 heterocycles. The van der Waals surface area contributed by atoms with E-state index >= 15 is 0 Å². The van der Waals surface area contributed by atoms with Crippen molar-refractivity contribution in [1.29, 1.82) is 0 Å². The molecule has 1 atom stereocenters. The van der Waals surface area contributed by atoms with Crippen LogP contribution in [-0.2, 0) is 9.59 Å². The van der Waals surface area contributed by atoms with Gasteiger partial charge in [0, 0.05) is 29.9 Å². The third kappa shape index (κ3) is 4.84. The zero-order chi connectivity index (χ0) is 29.7. The lowest BCUT2D eigenvalue weighted by Gasteiger charge is -2.36. The quantitative estimate of drug-likeness (QED) is 0.236. The number of para-hydroxylation sites is 2. The van der Waals surface area contributed by atoms with Gasteiger partial charge in [0.05, 0.1) is 46.3 Å². The van der Waals surface area contributed by atoms with Crippen LogP contribution in [0.5, 0.6) is 0 Å². The average molecular weight is 578 g/mol. The molecule has 2 aliphatic heterocycles. The number of piperidine rings is 1. The monoisotopic (exact) mass is 577 g/mol. The van der Waals surface area contributed by atoms with Crippen molar-refractivity contribution in [3.63, 3.8) is 0 Å². The summed E-state index contributed by atoms with van der Waals surface area (Å²) in [7, 11) is 0. The van der Waals surface area contributed by atoms with Crippen molar-refractivity contribution in [3.05, 3.63) is 71.7 Å². The molecule has 218 valence electrons. The lowest BCUT2D eigenvalue weighted by atomic mass is 9.77. The third-order valence-corrected chi connectivity index (χ3v) is 8.88. The highest BCUT2D eigenvalue weighted by atomic mass is 16.2. The summed E-state index contributed by atoms with van der Waals surface area (Å²) in [6, 6.07) is 12.4. The van der Waals surface area contributed by atoms with Gasteiger partial charge in [-0.3, -0.25) is 39.1 Å². The second kappa shape index (κ2) is 10.7. The minimum absolute atomic E-state index is 0.0987. The number of carbonyl (C=O) groups excluding carboxylic acids is 4. The number of imide groups is 2. The molecule has 2 N–H and O–H groups in total. The van der Waals surface area contributed by atoms with Crippen LogP contribution >= 0.6 is 0 Å². The molecular formula is C32H31N7O4. The SMILES string of the molecule is Cc1c(-c2cnc3ccccc3n2)cnn1[C@H]1C[C@@H](CCCNc2ccc3c(c2)C(=O)N(C2CCC(=O)NC2=O)C3=O)C1. The number of nitrogens with zero attached hydrogens (tertiary/aromatic N) is 5. The van der Waals surface area contributed by atoms with Gasteiger partial charge in [0.2, 0.25) is 11.8 Å². The summed E-state index contributed by atoms with van der Waals surface area (Å²) in [4.78, 5) is 60.0. The smallest absolute Gasteiger partial charge is 0.262 e. The number of hydrogen-bond donors (Lipinski definition) is 2. The van der Waals surface area contributed by atoms with Crippen molar-refractivity contribution in [2.45, 2.75) is 57.5 Å². The predicted octanol–water partition coefficient (Wildman–Crippen LogP) is 4.05. The molecule has 1 saturated heterocycles. The van der Waals surface area contributed by atoms with E-state index in [-0.39, 0.29) is 29.9 Å². The molecule has 7 rings (SSSR count). The number of anilines is 1. The molecule has 0 spiro atoms. The van der Waals surface area contributed by atoms with Crippen molar-refractivity contribution >= 4 is 40.3 Å². The van der Waals surface area contributed by atoms with Gasteiger partial charge in [-0.1, -0.05) is 12.1 Å². The first-order valence-corrected chi connectivity index (χ1v) is 14.7. The largest absolute Gasteiger partial charge is 0.385 e. The van der Waals surface area contributed by atoms with E-state index in [2.05, 4.69) is 27.2 Å². The van der Waals surface area contributed by atoms with Gasteiger partial charge in [0.15, 0.2) is 0 Å². The summed E-state index contributed by atoms with van der Waals surface area (Å²) in [6.07, 6.45) is 8.16. The van der Waals surface area contributed by atoms with Crippen LogP contribution in [0.4, 0.5) is 5.69 Å². The van der Waals surface area contributed by atoms with Gasteiger partial charge >= 0.3 is 0 Å². The van der Waals surface area contributed by atoms with E-state index in [1.54, 1.807) is 18.2 Å². The minimum Gasteiger partial charge on any atom is -0.385 e. The normalized spacial score (nSPS) is 21.6. The zero-order valence-electron chi connectivity index (χ0n) is 23.7. The zero-order valence-corrected chi connectivity index (χ0v) is 23.7. The summed E-state index contributed by atoms with van der Waals surface area (Å²) in [5, 5.41) is 10.3. The summed E-state index contributed by atoms with van der Waals surface area (Å²) in [6.45, 7) is 2.83. The molecule has 4 aromatic rings. The van der Waals surface area contributed by atoms with Crippen LogP contribution in [0, 0.1) is 12.8 Å². The molecule has 2 aromatic carbocycles. The first kappa shape index (κ1) is 26.9. The minimum atomic E-state index is -0.961. The molecule has 43 heavy (non-hydrogen) atoms. The van der Waals surface area contributed by atoms with Gasteiger partial charge in [-0.15, -0.1) is 0 Å². The molecule has 1 saturated carbocycles. The maximum Gasteiger partial charge on any atom is 0.262 e. The Kier molecular flexibility index (Phi) is 6.72. The van der Waals surface area contributed by atoms with Crippen LogP contribution in [0.3, 0.4) is 0 Å². The van der Waals surface area contributed by atoms with Gasteiger partial charge in [0.25, 0.3) is 11.8 Å². The van der Waals surface area contributed by atoms with Crippen LogP contribution in [0.25, 0.3) is 22.3 Å². The van der Waals surface area contributed by atoms with Crippen molar-refractivity contribution in [2.24, 2.45) is 5.92 Å². The Bertz CT molecular complexity index is 1790. The number of hydrogen-bond acceptors (Lipinski definition) is 8. The van der Waals surface area contributed by atoms with Gasteiger partial charge in [-0.05, 0) is 75.3 Å². The number of amides is 4. The second-order valence-electron chi connectivity index (χ2n) is 11.6. The molecular weight excluding hydrogens is 546 g/mol. The van der Waals surface area contributed by atoms with Gasteiger partial charge in [0.1, 0.15) is 6.04 Å². The fourth-order valence-corrected chi connectivity index (χ4v) is 6.47. The number of benzene rings is 2. The molecule has 11 heteroatoms. The Morgan fingerprint density at radius 1 is 0.953 bits per heavy atom. The lowest BCUT2D eigenvalue weighted by molar-refractivity contribution is -0.136. The molecule has 0 bridgehead atoms. The predicted molar refractivity (Wildman–Crippen MR) is 158 cm³/mol. The molecule has 0 radical (unpaired) electrons. The lowest BCUT2D eigenvalue weighted by Crippen LogP contribution is -2.54. The van der Waals surface area contributed by atoms with Crippen molar-refractivity contribution < 1.29 is 19.2 Å². The number of nitrogens with one attached hydrogen (secondary N) is 2. The highest BCUT2D eigenvalue weighted by Crippen LogP contribution is 2.41. The topological polar surface area (TPSA) is 139 Å². The first-order chi connectivity index (χ1) is 20.9. The van der Waals surface area contributed by atoms with Crippen LogP contribution in [0.15, 0.2) is 54.9 Å². The van der Waals surface area contributed by atoms with Crippen molar-refractivity contribution in [3.8, 4) is 11.3 Å². The van der Waals surface area contributed by atoms with E-state index in [9.17, 15) is 19.2 Å². The number of carbonyl (C=O) groups is 4. The van der Waals surface area contributed by atoms with E-state index in [4.69, 9.17) is 10.1 Å². The molecule has 1 aliphatic carbocycles. The summed E-state index contributed by atoms with van der Waals surface area (Å²) >= 11 is 0. The number of rotatable bonds is 8. The van der Waals surface area contributed by atoms with Crippen LogP contribution < -0.4 is 10.6 Å². The van der Waals surface area contributed by atoms with E-state index in [0.717, 1.165) is 70.8 Å². The van der Waals surface area contributed by atoms with Crippen molar-refractivity contribution in [1.82, 2.24) is 30.0 Å². The fraction of sp³-hybridized carbons (Fsp3) is 0.344. The Labute approximate surface area is 247 Å². The summed E-state index contributed by atoms with van der Waals surface area (Å²) < 4.78 is 2.13. The Morgan fingerprint density at radius 3 is 2.56 bits per heavy atom. The average Bonchev–Trinajstić information content (AvgIpc) is 3.48. The number of aromatic nitrogens is 4. The van der Waals surface area contributed by atoms with Crippen LogP contribution in [-0.4, -0.2) is 60.9 Å². The fourth-order valence-electron chi connectivity index (χ4n) is 6.47.